The fourth-order valence-corrected chi connectivity index (χ4v) is 1.89. The fraction of sp³-hybridized carbons (Fsp3) is 0.909. The average molecular weight is 200 g/mol. The Labute approximate surface area is 87.6 Å². The lowest BCUT2D eigenvalue weighted by atomic mass is 9.99. The summed E-state index contributed by atoms with van der Waals surface area (Å²) in [6.45, 7) is 0. The standard InChI is InChI=1S/C10H19NO.CH5N/c1-11(2)10(12)9-7-5-3-4-6-8-9;1-2/h9H,3-8H2,1-2H3;2H2,1H3. The zero-order valence-corrected chi connectivity index (χ0v) is 9.75. The normalized spacial score (nSPS) is 17.7. The molecule has 0 atom stereocenters. The molecule has 14 heavy (non-hydrogen) atoms. The molecule has 0 unspecified atom stereocenters. The lowest BCUT2D eigenvalue weighted by molar-refractivity contribution is -0.133. The Bertz CT molecular complexity index is 149. The van der Waals surface area contributed by atoms with Gasteiger partial charge in [0.1, 0.15) is 0 Å². The Kier molecular flexibility index (Phi) is 7.48. The fourth-order valence-electron chi connectivity index (χ4n) is 1.89. The van der Waals surface area contributed by atoms with E-state index in [-0.39, 0.29) is 0 Å². The van der Waals surface area contributed by atoms with Crippen LogP contribution in [0.3, 0.4) is 0 Å². The zero-order chi connectivity index (χ0) is 11.0. The van der Waals surface area contributed by atoms with Crippen LogP contribution in [0.2, 0.25) is 0 Å². The van der Waals surface area contributed by atoms with Gasteiger partial charge in [-0.2, -0.15) is 0 Å². The largest absolute Gasteiger partial charge is 0.349 e. The topological polar surface area (TPSA) is 46.3 Å². The van der Waals surface area contributed by atoms with Crippen molar-refractivity contribution in [2.45, 2.75) is 38.5 Å². The first-order chi connectivity index (χ1) is 6.72. The van der Waals surface area contributed by atoms with Gasteiger partial charge in [0.25, 0.3) is 0 Å². The smallest absolute Gasteiger partial charge is 0.225 e. The van der Waals surface area contributed by atoms with Gasteiger partial charge in [-0.3, -0.25) is 4.79 Å². The molecule has 2 N–H and O–H groups in total. The van der Waals surface area contributed by atoms with Gasteiger partial charge in [0, 0.05) is 20.0 Å². The van der Waals surface area contributed by atoms with Crippen LogP contribution in [0, 0.1) is 5.92 Å². The molecule has 0 radical (unpaired) electrons. The minimum Gasteiger partial charge on any atom is -0.349 e. The summed E-state index contributed by atoms with van der Waals surface area (Å²) in [6, 6.07) is 0. The monoisotopic (exact) mass is 200 g/mol. The molecule has 0 spiro atoms. The third-order valence-electron chi connectivity index (χ3n) is 2.65. The van der Waals surface area contributed by atoms with E-state index < -0.39 is 0 Å². The molecule has 0 bridgehead atoms. The summed E-state index contributed by atoms with van der Waals surface area (Å²) < 4.78 is 0. The maximum Gasteiger partial charge on any atom is 0.225 e. The highest BCUT2D eigenvalue weighted by atomic mass is 16.2. The van der Waals surface area contributed by atoms with Gasteiger partial charge in [-0.15, -0.1) is 0 Å². The first-order valence-electron chi connectivity index (χ1n) is 5.50. The van der Waals surface area contributed by atoms with Gasteiger partial charge in [0.15, 0.2) is 0 Å². The Hall–Kier alpha value is -0.570. The summed E-state index contributed by atoms with van der Waals surface area (Å²) in [4.78, 5) is 13.3. The molecule has 0 aromatic carbocycles. The molecular weight excluding hydrogens is 176 g/mol. The van der Waals surface area contributed by atoms with Crippen molar-refractivity contribution in [1.82, 2.24) is 4.90 Å². The molecule has 0 aromatic rings. The maximum atomic E-state index is 11.6. The molecule has 1 amide bonds. The van der Waals surface area contributed by atoms with Gasteiger partial charge < -0.3 is 10.6 Å². The summed E-state index contributed by atoms with van der Waals surface area (Å²) in [5, 5.41) is 0. The molecule has 0 saturated heterocycles. The Morgan fingerprint density at radius 3 is 1.86 bits per heavy atom. The second kappa shape index (κ2) is 7.80. The van der Waals surface area contributed by atoms with Crippen LogP contribution in [0.25, 0.3) is 0 Å². The maximum absolute atomic E-state index is 11.6. The minimum absolute atomic E-state index is 0.322. The lowest BCUT2D eigenvalue weighted by Gasteiger charge is -2.18. The van der Waals surface area contributed by atoms with E-state index in [9.17, 15) is 4.79 Å². The SMILES string of the molecule is CN.CN(C)C(=O)C1CCCCCC1. The van der Waals surface area contributed by atoms with Crippen LogP contribution in [-0.2, 0) is 4.79 Å². The Morgan fingerprint density at radius 2 is 1.50 bits per heavy atom. The number of rotatable bonds is 1. The second-order valence-electron chi connectivity index (χ2n) is 3.92. The molecule has 1 fully saturated rings. The van der Waals surface area contributed by atoms with Gasteiger partial charge >= 0.3 is 0 Å². The molecule has 1 aliphatic rings. The highest BCUT2D eigenvalue weighted by Crippen LogP contribution is 2.23. The number of carbonyl (C=O) groups excluding carboxylic acids is 1. The van der Waals surface area contributed by atoms with E-state index in [1.807, 2.05) is 14.1 Å². The van der Waals surface area contributed by atoms with Crippen molar-refractivity contribution < 1.29 is 4.79 Å². The van der Waals surface area contributed by atoms with Crippen molar-refractivity contribution >= 4 is 5.91 Å². The molecular formula is C11H24N2O. The summed E-state index contributed by atoms with van der Waals surface area (Å²) >= 11 is 0. The van der Waals surface area contributed by atoms with Crippen LogP contribution >= 0.6 is 0 Å². The minimum atomic E-state index is 0.322. The second-order valence-corrected chi connectivity index (χ2v) is 3.92. The predicted octanol–water partition coefficient (Wildman–Crippen LogP) is 1.62. The molecule has 84 valence electrons. The number of nitrogens with two attached hydrogens (primary N) is 1. The van der Waals surface area contributed by atoms with Crippen LogP contribution in [0.15, 0.2) is 0 Å². The number of carbonyl (C=O) groups is 1. The first-order valence-corrected chi connectivity index (χ1v) is 5.50. The number of amides is 1. The predicted molar refractivity (Wildman–Crippen MR) is 60.0 cm³/mol. The van der Waals surface area contributed by atoms with E-state index in [4.69, 9.17) is 0 Å². The quantitative estimate of drug-likeness (QED) is 0.654. The molecule has 3 nitrogen and oxygen atoms in total. The van der Waals surface area contributed by atoms with Crippen LogP contribution in [0.5, 0.6) is 0 Å². The molecule has 1 rings (SSSR count). The summed E-state index contributed by atoms with van der Waals surface area (Å²) in [6.07, 6.45) is 7.33. The van der Waals surface area contributed by atoms with E-state index in [1.165, 1.54) is 32.7 Å². The van der Waals surface area contributed by atoms with Crippen molar-refractivity contribution in [3.63, 3.8) is 0 Å². The first kappa shape index (κ1) is 13.4. The molecule has 0 heterocycles. The van der Waals surface area contributed by atoms with Crippen LogP contribution in [0.4, 0.5) is 0 Å². The van der Waals surface area contributed by atoms with E-state index in [1.54, 1.807) is 4.90 Å². The van der Waals surface area contributed by atoms with E-state index >= 15 is 0 Å². The van der Waals surface area contributed by atoms with Gasteiger partial charge in [-0.05, 0) is 19.9 Å². The Balaban J connectivity index is 0.000000791. The van der Waals surface area contributed by atoms with Gasteiger partial charge in [-0.1, -0.05) is 25.7 Å². The van der Waals surface area contributed by atoms with Gasteiger partial charge in [0.05, 0.1) is 0 Å². The summed E-state index contributed by atoms with van der Waals surface area (Å²) in [7, 11) is 5.21. The summed E-state index contributed by atoms with van der Waals surface area (Å²) in [5.41, 5.74) is 4.50. The molecule has 1 aliphatic carbocycles. The molecule has 0 aliphatic heterocycles. The van der Waals surface area contributed by atoms with Crippen molar-refractivity contribution in [2.24, 2.45) is 11.7 Å². The zero-order valence-electron chi connectivity index (χ0n) is 9.75. The molecule has 1 saturated carbocycles. The third-order valence-corrected chi connectivity index (χ3v) is 2.65. The molecule has 0 aromatic heterocycles. The highest BCUT2D eigenvalue weighted by Gasteiger charge is 2.20. The Morgan fingerprint density at radius 1 is 1.07 bits per heavy atom. The van der Waals surface area contributed by atoms with Crippen molar-refractivity contribution in [3.8, 4) is 0 Å². The number of hydrogen-bond donors (Lipinski definition) is 1. The van der Waals surface area contributed by atoms with E-state index in [0.717, 1.165) is 12.8 Å². The van der Waals surface area contributed by atoms with E-state index in [0.29, 0.717) is 11.8 Å². The molecule has 3 heteroatoms. The lowest BCUT2D eigenvalue weighted by Crippen LogP contribution is -2.29. The third kappa shape index (κ3) is 4.61. The van der Waals surface area contributed by atoms with Crippen molar-refractivity contribution in [1.29, 1.82) is 0 Å². The van der Waals surface area contributed by atoms with Crippen molar-refractivity contribution in [3.05, 3.63) is 0 Å². The van der Waals surface area contributed by atoms with Crippen LogP contribution in [-0.4, -0.2) is 32.0 Å². The van der Waals surface area contributed by atoms with Crippen LogP contribution in [0.1, 0.15) is 38.5 Å². The number of nitrogens with zero attached hydrogens (tertiary/aromatic N) is 1. The average Bonchev–Trinajstić information content (AvgIpc) is 2.47. The van der Waals surface area contributed by atoms with Crippen molar-refractivity contribution in [2.75, 3.05) is 21.1 Å². The number of hydrogen-bond acceptors (Lipinski definition) is 2. The van der Waals surface area contributed by atoms with Crippen LogP contribution < -0.4 is 5.73 Å². The highest BCUT2D eigenvalue weighted by molar-refractivity contribution is 5.78. The van der Waals surface area contributed by atoms with E-state index in [2.05, 4.69) is 5.73 Å². The van der Waals surface area contributed by atoms with Gasteiger partial charge in [0.2, 0.25) is 5.91 Å². The van der Waals surface area contributed by atoms with Gasteiger partial charge in [-0.25, -0.2) is 0 Å². The summed E-state index contributed by atoms with van der Waals surface area (Å²) in [5.74, 6) is 0.652.